The molecule has 1 aliphatic heterocycles. The van der Waals surface area contributed by atoms with Crippen molar-refractivity contribution < 1.29 is 9.53 Å². The number of rotatable bonds is 2. The molecule has 1 fully saturated rings. The number of amides is 1. The Bertz CT molecular complexity index is 771. The van der Waals surface area contributed by atoms with E-state index < -0.39 is 0 Å². The molecule has 1 heterocycles. The minimum absolute atomic E-state index is 0.259. The summed E-state index contributed by atoms with van der Waals surface area (Å²) in [5.74, 6) is 1.13. The van der Waals surface area contributed by atoms with Gasteiger partial charge >= 0.3 is 0 Å². The molecule has 4 heteroatoms. The van der Waals surface area contributed by atoms with Gasteiger partial charge in [0.2, 0.25) is 5.91 Å². The molecular formula is C19H18BrNO2. The highest BCUT2D eigenvalue weighted by molar-refractivity contribution is 9.10. The van der Waals surface area contributed by atoms with Gasteiger partial charge in [-0.25, -0.2) is 0 Å². The topological polar surface area (TPSA) is 29.5 Å². The molecule has 2 aromatic rings. The lowest BCUT2D eigenvalue weighted by atomic mass is 9.83. The molecule has 1 saturated heterocycles. The summed E-state index contributed by atoms with van der Waals surface area (Å²) >= 11 is 3.45. The van der Waals surface area contributed by atoms with Crippen LogP contribution in [0, 0.1) is 5.41 Å². The van der Waals surface area contributed by atoms with Gasteiger partial charge in [0.25, 0.3) is 0 Å². The molecular weight excluding hydrogens is 354 g/mol. The van der Waals surface area contributed by atoms with Gasteiger partial charge in [-0.3, -0.25) is 4.79 Å². The second-order valence-corrected chi connectivity index (χ2v) is 7.37. The van der Waals surface area contributed by atoms with Gasteiger partial charge in [-0.1, -0.05) is 22.0 Å². The largest absolute Gasteiger partial charge is 0.497 e. The van der Waals surface area contributed by atoms with Gasteiger partial charge in [-0.2, -0.15) is 0 Å². The maximum absolute atomic E-state index is 13.1. The van der Waals surface area contributed by atoms with Crippen LogP contribution in [0.3, 0.4) is 0 Å². The summed E-state index contributed by atoms with van der Waals surface area (Å²) in [5, 5.41) is 0. The van der Waals surface area contributed by atoms with Crippen LogP contribution in [0.2, 0.25) is 0 Å². The molecule has 1 spiro atoms. The molecule has 4 rings (SSSR count). The molecule has 1 amide bonds. The van der Waals surface area contributed by atoms with Crippen LogP contribution in [-0.2, 0) is 17.6 Å². The highest BCUT2D eigenvalue weighted by atomic mass is 79.9. The van der Waals surface area contributed by atoms with Crippen LogP contribution in [0.5, 0.6) is 5.75 Å². The zero-order valence-electron chi connectivity index (χ0n) is 13.0. The summed E-state index contributed by atoms with van der Waals surface area (Å²) in [6.45, 7) is 0.797. The molecule has 118 valence electrons. The van der Waals surface area contributed by atoms with Crippen molar-refractivity contribution in [2.24, 2.45) is 5.41 Å². The molecule has 23 heavy (non-hydrogen) atoms. The molecule has 0 aromatic heterocycles. The third kappa shape index (κ3) is 2.36. The van der Waals surface area contributed by atoms with Gasteiger partial charge in [-0.15, -0.1) is 0 Å². The van der Waals surface area contributed by atoms with E-state index in [9.17, 15) is 4.79 Å². The Morgan fingerprint density at radius 2 is 1.83 bits per heavy atom. The quantitative estimate of drug-likeness (QED) is 0.798. The van der Waals surface area contributed by atoms with Crippen molar-refractivity contribution in [2.45, 2.75) is 19.3 Å². The average molecular weight is 372 g/mol. The van der Waals surface area contributed by atoms with Crippen LogP contribution >= 0.6 is 15.9 Å². The summed E-state index contributed by atoms with van der Waals surface area (Å²) in [6.07, 6.45) is 2.59. The van der Waals surface area contributed by atoms with Gasteiger partial charge in [0.1, 0.15) is 5.75 Å². The normalized spacial score (nSPS) is 22.7. The van der Waals surface area contributed by atoms with E-state index in [2.05, 4.69) is 28.1 Å². The van der Waals surface area contributed by atoms with Crippen molar-refractivity contribution in [3.8, 4) is 5.75 Å². The van der Waals surface area contributed by atoms with E-state index in [4.69, 9.17) is 4.74 Å². The fourth-order valence-corrected chi connectivity index (χ4v) is 4.14. The molecule has 0 N–H and O–H groups in total. The second kappa shape index (κ2) is 5.38. The third-order valence-corrected chi connectivity index (χ3v) is 5.65. The van der Waals surface area contributed by atoms with Crippen LogP contribution in [0.15, 0.2) is 46.9 Å². The Labute approximate surface area is 144 Å². The molecule has 1 aliphatic carbocycles. The molecule has 1 unspecified atom stereocenters. The number of carbonyl (C=O) groups excluding carboxylic acids is 1. The number of anilines is 1. The minimum Gasteiger partial charge on any atom is -0.497 e. The van der Waals surface area contributed by atoms with E-state index in [1.165, 1.54) is 11.1 Å². The molecule has 0 radical (unpaired) electrons. The SMILES string of the molecule is COc1ccc2c(c1)CC1(CCN(c3ccc(Br)cc3)C1=O)C2. The maximum Gasteiger partial charge on any atom is 0.233 e. The maximum atomic E-state index is 13.1. The molecule has 3 nitrogen and oxygen atoms in total. The lowest BCUT2D eigenvalue weighted by Crippen LogP contribution is -2.35. The first-order chi connectivity index (χ1) is 11.1. The second-order valence-electron chi connectivity index (χ2n) is 6.45. The first-order valence-electron chi connectivity index (χ1n) is 7.85. The van der Waals surface area contributed by atoms with Crippen molar-refractivity contribution in [3.05, 3.63) is 58.1 Å². The lowest BCUT2D eigenvalue weighted by Gasteiger charge is -2.22. The summed E-state index contributed by atoms with van der Waals surface area (Å²) in [4.78, 5) is 15.1. The first kappa shape index (κ1) is 14.8. The van der Waals surface area contributed by atoms with Crippen molar-refractivity contribution in [1.29, 1.82) is 0 Å². The number of ether oxygens (including phenoxy) is 1. The predicted octanol–water partition coefficient (Wildman–Crippen LogP) is 3.98. The van der Waals surface area contributed by atoms with Crippen molar-refractivity contribution in [1.82, 2.24) is 0 Å². The minimum atomic E-state index is -0.262. The lowest BCUT2D eigenvalue weighted by molar-refractivity contribution is -0.125. The van der Waals surface area contributed by atoms with Crippen molar-refractivity contribution in [2.75, 3.05) is 18.6 Å². The van der Waals surface area contributed by atoms with E-state index in [0.717, 1.165) is 41.7 Å². The Morgan fingerprint density at radius 1 is 1.09 bits per heavy atom. The van der Waals surface area contributed by atoms with Crippen molar-refractivity contribution in [3.63, 3.8) is 0 Å². The van der Waals surface area contributed by atoms with Crippen LogP contribution in [0.4, 0.5) is 5.69 Å². The summed E-state index contributed by atoms with van der Waals surface area (Å²) in [7, 11) is 1.68. The van der Waals surface area contributed by atoms with E-state index in [1.807, 2.05) is 35.2 Å². The van der Waals surface area contributed by atoms with E-state index in [1.54, 1.807) is 7.11 Å². The zero-order valence-corrected chi connectivity index (χ0v) is 14.6. The van der Waals surface area contributed by atoms with Crippen molar-refractivity contribution >= 4 is 27.5 Å². The Hall–Kier alpha value is -1.81. The number of halogens is 1. The van der Waals surface area contributed by atoms with Crippen LogP contribution in [-0.4, -0.2) is 19.6 Å². The van der Waals surface area contributed by atoms with Gasteiger partial charge in [0.15, 0.2) is 0 Å². The number of fused-ring (bicyclic) bond motifs is 1. The van der Waals surface area contributed by atoms with E-state index in [-0.39, 0.29) is 11.3 Å². The predicted molar refractivity (Wildman–Crippen MR) is 93.9 cm³/mol. The first-order valence-corrected chi connectivity index (χ1v) is 8.64. The molecule has 0 bridgehead atoms. The fraction of sp³-hybridized carbons (Fsp3) is 0.316. The average Bonchev–Trinajstić information content (AvgIpc) is 3.09. The van der Waals surface area contributed by atoms with Gasteiger partial charge in [0.05, 0.1) is 12.5 Å². The summed E-state index contributed by atoms with van der Waals surface area (Å²) in [5.41, 5.74) is 3.28. The smallest absolute Gasteiger partial charge is 0.233 e. The number of carbonyl (C=O) groups is 1. The zero-order chi connectivity index (χ0) is 16.0. The Morgan fingerprint density at radius 3 is 2.57 bits per heavy atom. The van der Waals surface area contributed by atoms with E-state index in [0.29, 0.717) is 0 Å². The standard InChI is InChI=1S/C19H18BrNO2/c1-23-17-7-2-13-11-19(12-14(13)10-17)8-9-21(18(19)22)16-5-3-15(20)4-6-16/h2-7,10H,8-9,11-12H2,1H3. The van der Waals surface area contributed by atoms with Gasteiger partial charge < -0.3 is 9.64 Å². The monoisotopic (exact) mass is 371 g/mol. The Kier molecular flexibility index (Phi) is 3.45. The number of benzene rings is 2. The van der Waals surface area contributed by atoms with Gasteiger partial charge in [0, 0.05) is 16.7 Å². The number of hydrogen-bond acceptors (Lipinski definition) is 2. The number of methoxy groups -OCH3 is 1. The molecule has 2 aliphatic rings. The van der Waals surface area contributed by atoms with E-state index >= 15 is 0 Å². The Balaban J connectivity index is 1.62. The summed E-state index contributed by atoms with van der Waals surface area (Å²) < 4.78 is 6.35. The molecule has 1 atom stereocenters. The van der Waals surface area contributed by atoms with Crippen LogP contribution in [0.1, 0.15) is 17.5 Å². The fourth-order valence-electron chi connectivity index (χ4n) is 3.87. The third-order valence-electron chi connectivity index (χ3n) is 5.12. The number of hydrogen-bond donors (Lipinski definition) is 0. The molecule has 0 saturated carbocycles. The molecule has 2 aromatic carbocycles. The highest BCUT2D eigenvalue weighted by Crippen LogP contribution is 2.46. The number of nitrogens with zero attached hydrogens (tertiary/aromatic N) is 1. The highest BCUT2D eigenvalue weighted by Gasteiger charge is 2.50. The van der Waals surface area contributed by atoms with Crippen LogP contribution < -0.4 is 9.64 Å². The van der Waals surface area contributed by atoms with Crippen LogP contribution in [0.25, 0.3) is 0 Å². The summed E-state index contributed by atoms with van der Waals surface area (Å²) in [6, 6.07) is 14.2. The van der Waals surface area contributed by atoms with Gasteiger partial charge in [-0.05, 0) is 66.8 Å².